The first kappa shape index (κ1) is 19.0. The van der Waals surface area contributed by atoms with Crippen LogP contribution in [0.25, 0.3) is 16.9 Å². The molecule has 0 aliphatic heterocycles. The molecular formula is C23H20ClN3O2. The molecule has 0 unspecified atom stereocenters. The van der Waals surface area contributed by atoms with Crippen molar-refractivity contribution in [2.45, 2.75) is 13.3 Å². The first-order valence-electron chi connectivity index (χ1n) is 9.20. The molecule has 0 radical (unpaired) electrons. The van der Waals surface area contributed by atoms with Gasteiger partial charge in [-0.25, -0.2) is 4.98 Å². The molecule has 2 aromatic carbocycles. The highest BCUT2D eigenvalue weighted by Gasteiger charge is 2.12. The van der Waals surface area contributed by atoms with Gasteiger partial charge < -0.3 is 14.5 Å². The minimum atomic E-state index is -0.131. The Morgan fingerprint density at radius 1 is 1.14 bits per heavy atom. The number of hydrogen-bond donors (Lipinski definition) is 1. The third kappa shape index (κ3) is 4.25. The molecule has 2 heterocycles. The summed E-state index contributed by atoms with van der Waals surface area (Å²) in [7, 11) is 1.58. The summed E-state index contributed by atoms with van der Waals surface area (Å²) in [6, 6.07) is 16.9. The summed E-state index contributed by atoms with van der Waals surface area (Å²) < 4.78 is 7.40. The number of nitrogens with one attached hydrogen (secondary N) is 1. The summed E-state index contributed by atoms with van der Waals surface area (Å²) in [5, 5.41) is 3.59. The number of aryl methyl sites for hydroxylation is 1. The second-order valence-corrected chi connectivity index (χ2v) is 7.30. The van der Waals surface area contributed by atoms with Crippen LogP contribution >= 0.6 is 11.6 Å². The van der Waals surface area contributed by atoms with Gasteiger partial charge >= 0.3 is 0 Å². The standard InChI is InChI=1S/C23H20ClN3O2/c1-15-9-10-27-14-20(25-22(27)11-15)17-5-8-21(29-2)19(13-17)26-23(28)12-16-3-6-18(24)7-4-16/h3-11,13-14H,12H2,1-2H3,(H,26,28). The van der Waals surface area contributed by atoms with E-state index in [1.807, 2.05) is 66.2 Å². The topological polar surface area (TPSA) is 55.6 Å². The Hall–Kier alpha value is -3.31. The average Bonchev–Trinajstić information content (AvgIpc) is 3.13. The van der Waals surface area contributed by atoms with Crippen LogP contribution in [0, 0.1) is 6.92 Å². The zero-order valence-corrected chi connectivity index (χ0v) is 16.9. The van der Waals surface area contributed by atoms with Crippen LogP contribution in [0.2, 0.25) is 5.02 Å². The number of aromatic nitrogens is 2. The Morgan fingerprint density at radius 3 is 2.69 bits per heavy atom. The van der Waals surface area contributed by atoms with Crippen LogP contribution in [0.3, 0.4) is 0 Å². The summed E-state index contributed by atoms with van der Waals surface area (Å²) in [6.07, 6.45) is 4.20. The lowest BCUT2D eigenvalue weighted by molar-refractivity contribution is -0.115. The largest absolute Gasteiger partial charge is 0.495 e. The van der Waals surface area contributed by atoms with Crippen LogP contribution in [0.1, 0.15) is 11.1 Å². The number of hydrogen-bond acceptors (Lipinski definition) is 3. The molecule has 29 heavy (non-hydrogen) atoms. The van der Waals surface area contributed by atoms with E-state index >= 15 is 0 Å². The zero-order valence-electron chi connectivity index (χ0n) is 16.1. The predicted molar refractivity (Wildman–Crippen MR) is 116 cm³/mol. The van der Waals surface area contributed by atoms with E-state index < -0.39 is 0 Å². The fraction of sp³-hybridized carbons (Fsp3) is 0.130. The van der Waals surface area contributed by atoms with Crippen LogP contribution in [-0.4, -0.2) is 22.4 Å². The van der Waals surface area contributed by atoms with Crippen molar-refractivity contribution in [3.05, 3.63) is 83.1 Å². The molecule has 1 amide bonds. The summed E-state index contributed by atoms with van der Waals surface area (Å²) in [4.78, 5) is 17.2. The molecule has 1 N–H and O–H groups in total. The van der Waals surface area contributed by atoms with E-state index in [9.17, 15) is 4.79 Å². The van der Waals surface area contributed by atoms with E-state index in [0.717, 1.165) is 28.0 Å². The molecule has 2 aromatic heterocycles. The maximum absolute atomic E-state index is 12.5. The van der Waals surface area contributed by atoms with Crippen LogP contribution < -0.4 is 10.1 Å². The minimum absolute atomic E-state index is 0.131. The van der Waals surface area contributed by atoms with E-state index in [-0.39, 0.29) is 12.3 Å². The number of carbonyl (C=O) groups excluding carboxylic acids is 1. The molecule has 0 aliphatic carbocycles. The second kappa shape index (κ2) is 7.97. The number of rotatable bonds is 5. The van der Waals surface area contributed by atoms with Gasteiger partial charge in [-0.05, 0) is 60.5 Å². The lowest BCUT2D eigenvalue weighted by Crippen LogP contribution is -2.15. The van der Waals surface area contributed by atoms with Gasteiger partial charge in [-0.2, -0.15) is 0 Å². The number of imidazole rings is 1. The first-order chi connectivity index (χ1) is 14.0. The van der Waals surface area contributed by atoms with Crippen LogP contribution in [0.4, 0.5) is 5.69 Å². The average molecular weight is 406 g/mol. The Morgan fingerprint density at radius 2 is 1.93 bits per heavy atom. The Bertz CT molecular complexity index is 1180. The third-order valence-corrected chi connectivity index (χ3v) is 4.91. The highest BCUT2D eigenvalue weighted by atomic mass is 35.5. The van der Waals surface area contributed by atoms with Crippen molar-refractivity contribution in [3.63, 3.8) is 0 Å². The van der Waals surface area contributed by atoms with Gasteiger partial charge in [0.2, 0.25) is 5.91 Å². The number of methoxy groups -OCH3 is 1. The normalized spacial score (nSPS) is 10.9. The van der Waals surface area contributed by atoms with E-state index in [4.69, 9.17) is 21.3 Å². The van der Waals surface area contributed by atoms with E-state index in [2.05, 4.69) is 5.32 Å². The van der Waals surface area contributed by atoms with Crippen molar-refractivity contribution in [1.82, 2.24) is 9.38 Å². The molecule has 5 nitrogen and oxygen atoms in total. The molecule has 0 atom stereocenters. The van der Waals surface area contributed by atoms with Crippen LogP contribution in [0.5, 0.6) is 5.75 Å². The maximum atomic E-state index is 12.5. The summed E-state index contributed by atoms with van der Waals surface area (Å²) in [6.45, 7) is 2.04. The molecule has 0 fully saturated rings. The third-order valence-electron chi connectivity index (χ3n) is 4.66. The van der Waals surface area contributed by atoms with Gasteiger partial charge in [0.05, 0.1) is 24.9 Å². The number of halogens is 1. The number of anilines is 1. The van der Waals surface area contributed by atoms with E-state index in [0.29, 0.717) is 16.5 Å². The van der Waals surface area contributed by atoms with Crippen molar-refractivity contribution >= 4 is 28.8 Å². The highest BCUT2D eigenvalue weighted by Crippen LogP contribution is 2.30. The molecule has 6 heteroatoms. The number of fused-ring (bicyclic) bond motifs is 1. The maximum Gasteiger partial charge on any atom is 0.228 e. The van der Waals surface area contributed by atoms with E-state index in [1.54, 1.807) is 19.2 Å². The Labute approximate surface area is 173 Å². The van der Waals surface area contributed by atoms with Crippen molar-refractivity contribution in [2.75, 3.05) is 12.4 Å². The van der Waals surface area contributed by atoms with Gasteiger partial charge in [-0.15, -0.1) is 0 Å². The molecular weight excluding hydrogens is 386 g/mol. The number of ether oxygens (including phenoxy) is 1. The molecule has 146 valence electrons. The summed E-state index contributed by atoms with van der Waals surface area (Å²) in [5.74, 6) is 0.464. The number of benzene rings is 2. The molecule has 0 bridgehead atoms. The van der Waals surface area contributed by atoms with Crippen molar-refractivity contribution < 1.29 is 9.53 Å². The lowest BCUT2D eigenvalue weighted by Gasteiger charge is -2.12. The fourth-order valence-corrected chi connectivity index (χ4v) is 3.30. The van der Waals surface area contributed by atoms with Crippen LogP contribution in [0.15, 0.2) is 67.0 Å². The van der Waals surface area contributed by atoms with Crippen LogP contribution in [-0.2, 0) is 11.2 Å². The van der Waals surface area contributed by atoms with Crippen molar-refractivity contribution in [1.29, 1.82) is 0 Å². The van der Waals surface area contributed by atoms with Gasteiger partial charge in [-0.3, -0.25) is 4.79 Å². The number of amides is 1. The summed E-state index contributed by atoms with van der Waals surface area (Å²) in [5.41, 5.74) is 5.25. The van der Waals surface area contributed by atoms with Gasteiger partial charge in [0.15, 0.2) is 0 Å². The highest BCUT2D eigenvalue weighted by molar-refractivity contribution is 6.30. The van der Waals surface area contributed by atoms with E-state index in [1.165, 1.54) is 0 Å². The zero-order chi connectivity index (χ0) is 20.4. The molecule has 0 aliphatic rings. The monoisotopic (exact) mass is 405 g/mol. The fourth-order valence-electron chi connectivity index (χ4n) is 3.17. The van der Waals surface area contributed by atoms with Crippen molar-refractivity contribution in [3.8, 4) is 17.0 Å². The van der Waals surface area contributed by atoms with Gasteiger partial charge in [0.1, 0.15) is 11.4 Å². The van der Waals surface area contributed by atoms with Gasteiger partial charge in [-0.1, -0.05) is 23.7 Å². The minimum Gasteiger partial charge on any atom is -0.495 e. The second-order valence-electron chi connectivity index (χ2n) is 6.86. The number of nitrogens with zero attached hydrogens (tertiary/aromatic N) is 2. The summed E-state index contributed by atoms with van der Waals surface area (Å²) >= 11 is 5.91. The Kier molecular flexibility index (Phi) is 5.23. The number of pyridine rings is 1. The quantitative estimate of drug-likeness (QED) is 0.499. The lowest BCUT2D eigenvalue weighted by atomic mass is 10.1. The SMILES string of the molecule is COc1ccc(-c2cn3ccc(C)cc3n2)cc1NC(=O)Cc1ccc(Cl)cc1. The van der Waals surface area contributed by atoms with Gasteiger partial charge in [0, 0.05) is 23.0 Å². The first-order valence-corrected chi connectivity index (χ1v) is 9.58. The smallest absolute Gasteiger partial charge is 0.228 e. The number of carbonyl (C=O) groups is 1. The molecule has 0 spiro atoms. The predicted octanol–water partition coefficient (Wildman–Crippen LogP) is 5.15. The van der Waals surface area contributed by atoms with Gasteiger partial charge in [0.25, 0.3) is 0 Å². The van der Waals surface area contributed by atoms with Crippen molar-refractivity contribution in [2.24, 2.45) is 0 Å². The molecule has 4 aromatic rings. The molecule has 0 saturated carbocycles. The molecule has 0 saturated heterocycles. The Balaban J connectivity index is 1.60. The molecule has 4 rings (SSSR count).